The molecule has 6 rings (SSSR count). The Balaban J connectivity index is 1.51. The van der Waals surface area contributed by atoms with Gasteiger partial charge in [0.1, 0.15) is 17.1 Å². The lowest BCUT2D eigenvalue weighted by Gasteiger charge is -2.50. The second-order valence-electron chi connectivity index (χ2n) is 10.7. The van der Waals surface area contributed by atoms with Crippen LogP contribution in [0.3, 0.4) is 0 Å². The first kappa shape index (κ1) is 29.2. The first-order valence-electron chi connectivity index (χ1n) is 12.7. The van der Waals surface area contributed by atoms with Crippen LogP contribution in [0.4, 0.5) is 5.69 Å². The van der Waals surface area contributed by atoms with Crippen LogP contribution in [0.1, 0.15) is 34.7 Å². The highest BCUT2D eigenvalue weighted by molar-refractivity contribution is 9.10. The number of alkyl halides is 3. The molecule has 4 aliphatic rings. The summed E-state index contributed by atoms with van der Waals surface area (Å²) in [5, 5.41) is 30.5. The van der Waals surface area contributed by atoms with E-state index in [1.54, 1.807) is 18.2 Å². The number of imide groups is 2. The highest BCUT2D eigenvalue weighted by atomic mass is 79.9. The van der Waals surface area contributed by atoms with Crippen LogP contribution in [-0.2, 0) is 19.2 Å². The summed E-state index contributed by atoms with van der Waals surface area (Å²) >= 11 is 20.8. The Bertz CT molecular complexity index is 1670. The van der Waals surface area contributed by atoms with Crippen molar-refractivity contribution in [2.75, 3.05) is 10.4 Å². The number of carboxylic acid groups (broad SMARTS) is 1. The molecule has 0 aromatic heterocycles. The molecular formula is C28H20Br2Cl2N2O8. The molecule has 10 nitrogen and oxygen atoms in total. The average molecular weight is 743 g/mol. The fourth-order valence-electron chi connectivity index (χ4n) is 6.95. The Kier molecular flexibility index (Phi) is 6.80. The number of hydrogen-bond acceptors (Lipinski definition) is 7. The summed E-state index contributed by atoms with van der Waals surface area (Å²) in [5.74, 6) is -8.72. The average Bonchev–Trinajstić information content (AvgIpc) is 3.27. The number of aromatic hydroxyl groups is 2. The van der Waals surface area contributed by atoms with Gasteiger partial charge in [-0.3, -0.25) is 24.1 Å². The molecule has 14 heteroatoms. The highest BCUT2D eigenvalue weighted by Crippen LogP contribution is 2.66. The minimum atomic E-state index is -2.06. The number of phenols is 2. The quantitative estimate of drug-likeness (QED) is 0.180. The lowest BCUT2D eigenvalue weighted by atomic mass is 9.56. The molecule has 2 saturated heterocycles. The molecule has 4 amide bonds. The fourth-order valence-corrected chi connectivity index (χ4v) is 8.75. The molecule has 3 fully saturated rings. The van der Waals surface area contributed by atoms with Crippen molar-refractivity contribution in [1.82, 2.24) is 4.90 Å². The molecule has 0 unspecified atom stereocenters. The summed E-state index contributed by atoms with van der Waals surface area (Å²) < 4.78 is 0.559. The SMILES string of the molecule is O=C(O)c1ccc(N2C(=O)[C@H]3[C@H](CC=C4[C@H]3C[C@@]3(Cl)C(=O)N(CBr)C(=O)[C@@]3(Cl)[C@H]4c3cc(Br)ccc3O)C2=O)cc1O. The number of rotatable bonds is 4. The predicted octanol–water partition coefficient (Wildman–Crippen LogP) is 4.47. The molecule has 3 N–H and O–H groups in total. The standard InChI is InChI=1S/C28H20Br2Cl2N2O8/c29-10-33-25(41)27(31)9-17-13(21(28(27,32)26(33)42)16-7-11(30)1-6-18(16)35)4-5-15-20(17)23(38)34(22(15)37)12-2-3-14(24(39)40)19(36)8-12/h1-4,6-8,15,17,20-21,35-36H,5,9-10H2,(H,39,40)/t15-,17+,20-,21+,27+,28-/m0/s1. The van der Waals surface area contributed by atoms with Crippen LogP contribution in [0, 0.1) is 17.8 Å². The van der Waals surface area contributed by atoms with E-state index in [-0.39, 0.29) is 35.3 Å². The normalized spacial score (nSPS) is 32.0. The lowest BCUT2D eigenvalue weighted by Crippen LogP contribution is -2.60. The van der Waals surface area contributed by atoms with Crippen LogP contribution in [0.2, 0.25) is 0 Å². The molecule has 0 radical (unpaired) electrons. The van der Waals surface area contributed by atoms with Crippen molar-refractivity contribution in [2.24, 2.45) is 17.8 Å². The van der Waals surface area contributed by atoms with Crippen molar-refractivity contribution >= 4 is 90.3 Å². The third-order valence-corrected chi connectivity index (χ3v) is 11.2. The van der Waals surface area contributed by atoms with Crippen molar-refractivity contribution in [2.45, 2.75) is 28.5 Å². The van der Waals surface area contributed by atoms with E-state index in [9.17, 15) is 39.3 Å². The van der Waals surface area contributed by atoms with Gasteiger partial charge in [-0.15, -0.1) is 23.2 Å². The monoisotopic (exact) mass is 740 g/mol. The predicted molar refractivity (Wildman–Crippen MR) is 157 cm³/mol. The summed E-state index contributed by atoms with van der Waals surface area (Å²) in [4.78, 5) is 64.2. The number of carboxylic acids is 1. The number of aromatic carboxylic acids is 1. The number of carbonyl (C=O) groups excluding carboxylic acids is 4. The number of benzene rings is 2. The number of allylic oxidation sites excluding steroid dienone is 2. The van der Waals surface area contributed by atoms with Crippen molar-refractivity contribution in [3.05, 3.63) is 63.6 Å². The molecular weight excluding hydrogens is 723 g/mol. The summed E-state index contributed by atoms with van der Waals surface area (Å²) in [5.41, 5.74) is 0.137. The Labute approximate surface area is 265 Å². The first-order chi connectivity index (χ1) is 19.8. The molecule has 218 valence electrons. The van der Waals surface area contributed by atoms with Gasteiger partial charge in [-0.25, -0.2) is 9.69 Å². The summed E-state index contributed by atoms with van der Waals surface area (Å²) in [6.45, 7) is 0. The third-order valence-electron chi connectivity index (χ3n) is 8.79. The van der Waals surface area contributed by atoms with Crippen LogP contribution in [0.15, 0.2) is 52.5 Å². The number of hydrogen-bond donors (Lipinski definition) is 3. The third kappa shape index (κ3) is 3.71. The Morgan fingerprint density at radius 2 is 1.69 bits per heavy atom. The first-order valence-corrected chi connectivity index (χ1v) is 15.4. The van der Waals surface area contributed by atoms with E-state index in [0.29, 0.717) is 10.0 Å². The van der Waals surface area contributed by atoms with E-state index in [1.165, 1.54) is 12.1 Å². The van der Waals surface area contributed by atoms with Gasteiger partial charge in [0.15, 0.2) is 9.75 Å². The zero-order valence-electron chi connectivity index (χ0n) is 21.3. The summed E-state index contributed by atoms with van der Waals surface area (Å²) in [7, 11) is 0. The van der Waals surface area contributed by atoms with Gasteiger partial charge >= 0.3 is 5.97 Å². The topological polar surface area (TPSA) is 153 Å². The van der Waals surface area contributed by atoms with E-state index in [2.05, 4.69) is 31.9 Å². The van der Waals surface area contributed by atoms with Crippen LogP contribution in [0.5, 0.6) is 11.5 Å². The molecule has 1 saturated carbocycles. The Morgan fingerprint density at radius 1 is 0.976 bits per heavy atom. The maximum atomic E-state index is 14.0. The van der Waals surface area contributed by atoms with Crippen molar-refractivity contribution in [3.63, 3.8) is 0 Å². The highest BCUT2D eigenvalue weighted by Gasteiger charge is 2.76. The second-order valence-corrected chi connectivity index (χ2v) is 13.4. The minimum absolute atomic E-state index is 0.00898. The summed E-state index contributed by atoms with van der Waals surface area (Å²) in [6, 6.07) is 7.97. The zero-order valence-corrected chi connectivity index (χ0v) is 25.9. The molecule has 0 bridgehead atoms. The minimum Gasteiger partial charge on any atom is -0.508 e. The number of phenolic OH excluding ortho intramolecular Hbond substituents is 1. The summed E-state index contributed by atoms with van der Waals surface area (Å²) in [6.07, 6.45) is 1.58. The smallest absolute Gasteiger partial charge is 0.339 e. The van der Waals surface area contributed by atoms with E-state index in [1.807, 2.05) is 0 Å². The van der Waals surface area contributed by atoms with E-state index >= 15 is 0 Å². The van der Waals surface area contributed by atoms with Crippen LogP contribution >= 0.6 is 55.1 Å². The number of carbonyl (C=O) groups is 5. The molecule has 2 aliphatic carbocycles. The Morgan fingerprint density at radius 3 is 2.33 bits per heavy atom. The molecule has 2 heterocycles. The van der Waals surface area contributed by atoms with Gasteiger partial charge in [0.25, 0.3) is 11.8 Å². The molecule has 2 aliphatic heterocycles. The van der Waals surface area contributed by atoms with Gasteiger partial charge in [0, 0.05) is 22.0 Å². The van der Waals surface area contributed by atoms with Crippen molar-refractivity contribution in [3.8, 4) is 11.5 Å². The number of amides is 4. The number of fused-ring (bicyclic) bond motifs is 4. The van der Waals surface area contributed by atoms with Gasteiger partial charge < -0.3 is 15.3 Å². The van der Waals surface area contributed by atoms with Gasteiger partial charge in [0.05, 0.1) is 23.0 Å². The lowest BCUT2D eigenvalue weighted by molar-refractivity contribution is -0.138. The van der Waals surface area contributed by atoms with Gasteiger partial charge in [0.2, 0.25) is 11.8 Å². The molecule has 2 aromatic carbocycles. The van der Waals surface area contributed by atoms with E-state index < -0.39 is 74.3 Å². The van der Waals surface area contributed by atoms with Crippen molar-refractivity contribution < 1.29 is 39.3 Å². The van der Waals surface area contributed by atoms with Gasteiger partial charge in [-0.05, 0) is 49.1 Å². The molecule has 42 heavy (non-hydrogen) atoms. The largest absolute Gasteiger partial charge is 0.508 e. The van der Waals surface area contributed by atoms with Gasteiger partial charge in [-0.2, -0.15) is 0 Å². The second kappa shape index (κ2) is 9.80. The number of likely N-dealkylation sites (tertiary alicyclic amines) is 1. The van der Waals surface area contributed by atoms with Crippen molar-refractivity contribution in [1.29, 1.82) is 0 Å². The van der Waals surface area contributed by atoms with E-state index in [0.717, 1.165) is 21.9 Å². The molecule has 0 spiro atoms. The number of anilines is 1. The number of halogens is 4. The maximum Gasteiger partial charge on any atom is 0.339 e. The van der Waals surface area contributed by atoms with Gasteiger partial charge in [-0.1, -0.05) is 43.5 Å². The maximum absolute atomic E-state index is 14.0. The van der Waals surface area contributed by atoms with Crippen LogP contribution in [-0.4, -0.2) is 65.0 Å². The van der Waals surface area contributed by atoms with E-state index in [4.69, 9.17) is 23.2 Å². The Hall–Kier alpha value is -2.93. The zero-order chi connectivity index (χ0) is 30.5. The van der Waals surface area contributed by atoms with Crippen LogP contribution in [0.25, 0.3) is 0 Å². The van der Waals surface area contributed by atoms with Crippen LogP contribution < -0.4 is 4.90 Å². The molecule has 6 atom stereocenters. The fraction of sp³-hybridized carbons (Fsp3) is 0.321. The molecule has 2 aromatic rings. The number of nitrogens with zero attached hydrogens (tertiary/aromatic N) is 2.